The van der Waals surface area contributed by atoms with Crippen molar-refractivity contribution in [2.24, 2.45) is 0 Å². The Morgan fingerprint density at radius 1 is 1.02 bits per heavy atom. The van der Waals surface area contributed by atoms with Gasteiger partial charge in [0.1, 0.15) is 17.5 Å². The quantitative estimate of drug-likeness (QED) is 0.256. The van der Waals surface area contributed by atoms with E-state index in [-0.39, 0.29) is 16.9 Å². The second kappa shape index (κ2) is 11.0. The number of hydrogen-bond acceptors (Lipinski definition) is 9. The number of carbonyl (C=O) groups excluding carboxylic acids is 1. The average molecular weight is 571 g/mol. The molecule has 3 aromatic carbocycles. The molecule has 1 heterocycles. The van der Waals surface area contributed by atoms with Crippen LogP contribution in [-0.4, -0.2) is 47.5 Å². The molecule has 14 heteroatoms. The molecule has 0 radical (unpaired) electrons. The van der Waals surface area contributed by atoms with Crippen LogP contribution in [0.25, 0.3) is 0 Å². The molecule has 0 fully saturated rings. The van der Waals surface area contributed by atoms with Gasteiger partial charge in [-0.05, 0) is 50.1 Å². The van der Waals surface area contributed by atoms with Crippen LogP contribution in [0.2, 0.25) is 0 Å². The smallest absolute Gasteiger partial charge is 0.296 e. The van der Waals surface area contributed by atoms with Gasteiger partial charge in [0.2, 0.25) is 10.0 Å². The van der Waals surface area contributed by atoms with Gasteiger partial charge >= 0.3 is 0 Å². The van der Waals surface area contributed by atoms with Gasteiger partial charge in [-0.1, -0.05) is 30.3 Å². The molecule has 4 rings (SSSR count). The molecule has 1 aliphatic rings. The number of hydrogen-bond donors (Lipinski definition) is 3. The van der Waals surface area contributed by atoms with E-state index in [1.54, 1.807) is 0 Å². The van der Waals surface area contributed by atoms with Crippen molar-refractivity contribution in [3.05, 3.63) is 104 Å². The number of benzene rings is 3. The summed E-state index contributed by atoms with van der Waals surface area (Å²) >= 11 is 0. The van der Waals surface area contributed by atoms with E-state index in [9.17, 15) is 38.5 Å². The highest BCUT2D eigenvalue weighted by atomic mass is 32.2. The van der Waals surface area contributed by atoms with Crippen molar-refractivity contribution in [2.75, 3.05) is 6.54 Å². The van der Waals surface area contributed by atoms with Gasteiger partial charge in [0.15, 0.2) is 4.90 Å². The summed E-state index contributed by atoms with van der Waals surface area (Å²) in [6.45, 7) is 3.40. The molecule has 2 atom stereocenters. The maximum atomic E-state index is 13.4. The lowest BCUT2D eigenvalue weighted by Gasteiger charge is -2.42. The minimum Gasteiger partial charge on any atom is -0.485 e. The van der Waals surface area contributed by atoms with Crippen molar-refractivity contribution in [3.63, 3.8) is 0 Å². The molecule has 3 aromatic rings. The third-order valence-electron chi connectivity index (χ3n) is 6.47. The van der Waals surface area contributed by atoms with Crippen LogP contribution >= 0.6 is 0 Å². The number of nitro benzene ring substituents is 2. The lowest BCUT2D eigenvalue weighted by Crippen LogP contribution is -2.53. The van der Waals surface area contributed by atoms with E-state index in [0.29, 0.717) is 19.0 Å². The first-order chi connectivity index (χ1) is 18.8. The Balaban J connectivity index is 1.65. The summed E-state index contributed by atoms with van der Waals surface area (Å²) in [5.74, 6) is -0.243. The molecule has 0 saturated carbocycles. The van der Waals surface area contributed by atoms with Crippen LogP contribution in [0.15, 0.2) is 71.6 Å². The number of non-ortho nitro benzene ring substituents is 1. The van der Waals surface area contributed by atoms with Crippen molar-refractivity contribution in [2.45, 2.75) is 42.9 Å². The zero-order valence-electron chi connectivity index (χ0n) is 21.4. The Labute approximate surface area is 229 Å². The fourth-order valence-corrected chi connectivity index (χ4v) is 5.73. The lowest BCUT2D eigenvalue weighted by molar-refractivity contribution is -0.396. The first kappa shape index (κ1) is 28.6. The minimum absolute atomic E-state index is 0.135. The molecule has 0 unspecified atom stereocenters. The molecule has 0 aromatic heterocycles. The predicted octanol–water partition coefficient (Wildman–Crippen LogP) is 3.03. The lowest BCUT2D eigenvalue weighted by atomic mass is 9.86. The molecule has 0 spiro atoms. The largest absolute Gasteiger partial charge is 0.485 e. The highest BCUT2D eigenvalue weighted by Gasteiger charge is 2.45. The Kier molecular flexibility index (Phi) is 7.86. The summed E-state index contributed by atoms with van der Waals surface area (Å²) < 4.78 is 34.8. The molecule has 0 aliphatic carbocycles. The zero-order chi connectivity index (χ0) is 29.2. The number of nitrogens with zero attached hydrogens (tertiary/aromatic N) is 2. The van der Waals surface area contributed by atoms with E-state index >= 15 is 0 Å². The van der Waals surface area contributed by atoms with Crippen LogP contribution in [-0.2, 0) is 16.4 Å². The summed E-state index contributed by atoms with van der Waals surface area (Å²) in [6.07, 6.45) is -0.896. The maximum absolute atomic E-state index is 13.4. The zero-order valence-corrected chi connectivity index (χ0v) is 22.3. The third kappa shape index (κ3) is 5.93. The van der Waals surface area contributed by atoms with Gasteiger partial charge in [0.05, 0.1) is 22.0 Å². The number of aliphatic hydroxyl groups excluding tert-OH is 1. The molecular formula is C26H26N4O9S. The maximum Gasteiger partial charge on any atom is 0.296 e. The van der Waals surface area contributed by atoms with Crippen molar-refractivity contribution < 1.29 is 32.9 Å². The van der Waals surface area contributed by atoms with E-state index in [2.05, 4.69) is 10.0 Å². The van der Waals surface area contributed by atoms with Crippen molar-refractivity contribution in [3.8, 4) is 5.75 Å². The second-order valence-electron chi connectivity index (χ2n) is 9.66. The van der Waals surface area contributed by atoms with E-state index in [1.807, 2.05) is 30.3 Å². The number of sulfonamides is 1. The van der Waals surface area contributed by atoms with Crippen molar-refractivity contribution in [1.82, 2.24) is 10.0 Å². The predicted molar refractivity (Wildman–Crippen MR) is 142 cm³/mol. The molecule has 210 valence electrons. The molecule has 1 aliphatic heterocycles. The highest BCUT2D eigenvalue weighted by molar-refractivity contribution is 7.89. The number of nitro groups is 2. The number of nitrogens with one attached hydrogen (secondary N) is 2. The number of carbonyl (C=O) groups is 1. The molecule has 0 saturated heterocycles. The Morgan fingerprint density at radius 3 is 2.38 bits per heavy atom. The summed E-state index contributed by atoms with van der Waals surface area (Å²) in [7, 11) is -4.71. The molecular weight excluding hydrogens is 544 g/mol. The molecule has 3 N–H and O–H groups in total. The van der Waals surface area contributed by atoms with E-state index < -0.39 is 59.8 Å². The number of ether oxygens (including phenoxy) is 1. The molecule has 0 bridgehead atoms. The van der Waals surface area contributed by atoms with E-state index in [4.69, 9.17) is 4.74 Å². The van der Waals surface area contributed by atoms with Crippen LogP contribution in [0.4, 0.5) is 11.4 Å². The number of aliphatic hydroxyl groups is 1. The minimum atomic E-state index is -4.71. The summed E-state index contributed by atoms with van der Waals surface area (Å²) in [6, 6.07) is 14.6. The fourth-order valence-electron chi connectivity index (χ4n) is 4.36. The monoisotopic (exact) mass is 570 g/mol. The molecule has 1 amide bonds. The van der Waals surface area contributed by atoms with E-state index in [0.717, 1.165) is 17.7 Å². The summed E-state index contributed by atoms with van der Waals surface area (Å²) in [5.41, 5.74) is -1.62. The Hall–Kier alpha value is -4.40. The average Bonchev–Trinajstić information content (AvgIpc) is 2.91. The van der Waals surface area contributed by atoms with Crippen LogP contribution in [0.1, 0.15) is 41.4 Å². The molecule has 40 heavy (non-hydrogen) atoms. The Morgan fingerprint density at radius 2 is 1.73 bits per heavy atom. The fraction of sp³-hybridized carbons (Fsp3) is 0.269. The van der Waals surface area contributed by atoms with Gasteiger partial charge < -0.3 is 15.2 Å². The summed E-state index contributed by atoms with van der Waals surface area (Å²) in [5, 5.41) is 36.5. The van der Waals surface area contributed by atoms with Gasteiger partial charge in [-0.2, -0.15) is 0 Å². The van der Waals surface area contributed by atoms with Gasteiger partial charge in [0, 0.05) is 23.7 Å². The van der Waals surface area contributed by atoms with Crippen LogP contribution in [0.5, 0.6) is 5.75 Å². The summed E-state index contributed by atoms with van der Waals surface area (Å²) in [4.78, 5) is 32.8. The van der Waals surface area contributed by atoms with Crippen LogP contribution in [0, 0.1) is 20.2 Å². The Bertz CT molecular complexity index is 1580. The number of rotatable bonds is 9. The van der Waals surface area contributed by atoms with Crippen molar-refractivity contribution >= 4 is 27.3 Å². The van der Waals surface area contributed by atoms with Crippen molar-refractivity contribution in [1.29, 1.82) is 0 Å². The van der Waals surface area contributed by atoms with Gasteiger partial charge in [-0.3, -0.25) is 25.0 Å². The SMILES string of the molecule is CC1(C)Oc2ccc(C(=O)NCCc3ccccc3)cc2[C@@H](NS(=O)(=O)c2ccc([N+](=O)[O-])cc2[N+](=O)[O-])[C@@H]1O. The first-order valence-corrected chi connectivity index (χ1v) is 13.6. The first-order valence-electron chi connectivity index (χ1n) is 12.1. The number of fused-ring (bicyclic) bond motifs is 1. The van der Waals surface area contributed by atoms with Gasteiger partial charge in [-0.25, -0.2) is 13.1 Å². The van der Waals surface area contributed by atoms with Crippen LogP contribution < -0.4 is 14.8 Å². The second-order valence-corrected chi connectivity index (χ2v) is 11.3. The van der Waals surface area contributed by atoms with Gasteiger partial charge in [0.25, 0.3) is 17.3 Å². The normalized spacial score (nSPS) is 17.8. The van der Waals surface area contributed by atoms with Gasteiger partial charge in [-0.15, -0.1) is 0 Å². The third-order valence-corrected chi connectivity index (χ3v) is 7.96. The molecule has 13 nitrogen and oxygen atoms in total. The number of amides is 1. The standard InChI is InChI=1S/C26H26N4O9S/c1-26(2)24(31)23(28-40(37,38)22-11-9-18(29(33)34)15-20(22)30(35)36)19-14-17(8-10-21(19)39-26)25(32)27-13-12-16-6-4-3-5-7-16/h3-11,14-15,23-24,28,31H,12-13H2,1-2H3,(H,27,32)/t23-,24+/m1/s1. The van der Waals surface area contributed by atoms with E-state index in [1.165, 1.54) is 32.0 Å². The van der Waals surface area contributed by atoms with Crippen LogP contribution in [0.3, 0.4) is 0 Å². The highest BCUT2D eigenvalue weighted by Crippen LogP contribution is 2.41. The topological polar surface area (TPSA) is 191 Å².